The summed E-state index contributed by atoms with van der Waals surface area (Å²) in [6.45, 7) is 5.94. The first-order valence-electron chi connectivity index (χ1n) is 14.1. The standard InChI is InChI=1S/C32H39N9O2/c1-24(2)41-22-28(19-34-41)36-32-33-18-26(21-39(5)20-25-11-7-6-8-12-25)31(37-32)40(23-42)29-14-9-13-27(17-29)35-30(43)15-10-16-38(3)4/h6-15,17-19,22-24H,16,20-21H2,1-5H3,(H,35,43)(H,33,36,37)/b15-10+. The van der Waals surface area contributed by atoms with Gasteiger partial charge < -0.3 is 15.5 Å². The van der Waals surface area contributed by atoms with Gasteiger partial charge in [-0.25, -0.2) is 4.98 Å². The van der Waals surface area contributed by atoms with Gasteiger partial charge in [-0.05, 0) is 58.8 Å². The number of hydrogen-bond acceptors (Lipinski definition) is 8. The molecule has 11 heteroatoms. The Hall–Kier alpha value is -4.87. The van der Waals surface area contributed by atoms with Gasteiger partial charge in [0.1, 0.15) is 5.82 Å². The molecule has 0 aliphatic carbocycles. The lowest BCUT2D eigenvalue weighted by Gasteiger charge is -2.23. The molecule has 4 aromatic rings. The molecule has 0 bridgehead atoms. The topological polar surface area (TPSA) is 112 Å². The molecule has 0 spiro atoms. The zero-order valence-electron chi connectivity index (χ0n) is 25.3. The van der Waals surface area contributed by atoms with Crippen molar-refractivity contribution in [3.63, 3.8) is 0 Å². The molecular formula is C32H39N9O2. The Bertz CT molecular complexity index is 1530. The average molecular weight is 582 g/mol. The summed E-state index contributed by atoms with van der Waals surface area (Å²) in [5.41, 5.74) is 3.77. The number of carbonyl (C=O) groups is 2. The number of nitrogens with zero attached hydrogens (tertiary/aromatic N) is 7. The van der Waals surface area contributed by atoms with E-state index in [1.807, 2.05) is 69.0 Å². The summed E-state index contributed by atoms with van der Waals surface area (Å²) in [5.74, 6) is 0.503. The van der Waals surface area contributed by atoms with Crippen molar-refractivity contribution in [2.24, 2.45) is 0 Å². The number of anilines is 5. The lowest BCUT2D eigenvalue weighted by molar-refractivity contribution is -0.112. The maximum absolute atomic E-state index is 12.6. The van der Waals surface area contributed by atoms with E-state index in [9.17, 15) is 9.59 Å². The highest BCUT2D eigenvalue weighted by Crippen LogP contribution is 2.30. The maximum atomic E-state index is 12.6. The number of benzene rings is 2. The summed E-state index contributed by atoms with van der Waals surface area (Å²) < 4.78 is 1.84. The van der Waals surface area contributed by atoms with Crippen molar-refractivity contribution in [3.05, 3.63) is 96.5 Å². The first kappa shape index (κ1) is 31.1. The van der Waals surface area contributed by atoms with Crippen LogP contribution in [0.3, 0.4) is 0 Å². The third kappa shape index (κ3) is 9.06. The van der Waals surface area contributed by atoms with Gasteiger partial charge >= 0.3 is 0 Å². The lowest BCUT2D eigenvalue weighted by atomic mass is 10.2. The first-order valence-corrected chi connectivity index (χ1v) is 14.1. The molecule has 2 aromatic carbocycles. The van der Waals surface area contributed by atoms with Crippen LogP contribution in [0.2, 0.25) is 0 Å². The molecule has 2 N–H and O–H groups in total. The molecule has 4 rings (SSSR count). The highest BCUT2D eigenvalue weighted by Gasteiger charge is 2.19. The number of hydrogen-bond donors (Lipinski definition) is 2. The molecular weight excluding hydrogens is 542 g/mol. The smallest absolute Gasteiger partial charge is 0.248 e. The van der Waals surface area contributed by atoms with Gasteiger partial charge in [-0.2, -0.15) is 10.1 Å². The molecule has 0 saturated heterocycles. The summed E-state index contributed by atoms with van der Waals surface area (Å²) in [7, 11) is 5.87. The second kappa shape index (κ2) is 14.9. The van der Waals surface area contributed by atoms with Crippen LogP contribution in [0.4, 0.5) is 28.8 Å². The summed E-state index contributed by atoms with van der Waals surface area (Å²) in [6.07, 6.45) is 9.33. The average Bonchev–Trinajstić information content (AvgIpc) is 3.44. The van der Waals surface area contributed by atoms with Crippen LogP contribution >= 0.6 is 0 Å². The summed E-state index contributed by atoms with van der Waals surface area (Å²) in [4.78, 5) is 40.0. The molecule has 0 saturated carbocycles. The van der Waals surface area contributed by atoms with Gasteiger partial charge in [0, 0.05) is 55.4 Å². The fourth-order valence-electron chi connectivity index (χ4n) is 4.36. The lowest BCUT2D eigenvalue weighted by Crippen LogP contribution is -2.23. The van der Waals surface area contributed by atoms with E-state index in [0.717, 1.165) is 17.7 Å². The van der Waals surface area contributed by atoms with E-state index in [0.29, 0.717) is 42.8 Å². The van der Waals surface area contributed by atoms with Crippen LogP contribution < -0.4 is 15.5 Å². The third-order valence-electron chi connectivity index (χ3n) is 6.43. The molecule has 0 unspecified atom stereocenters. The molecule has 2 aromatic heterocycles. The number of aromatic nitrogens is 4. The molecule has 224 valence electrons. The number of carbonyl (C=O) groups excluding carboxylic acids is 2. The predicted molar refractivity (Wildman–Crippen MR) is 171 cm³/mol. The molecule has 0 atom stereocenters. The van der Waals surface area contributed by atoms with Crippen molar-refractivity contribution < 1.29 is 9.59 Å². The molecule has 0 radical (unpaired) electrons. The van der Waals surface area contributed by atoms with Crippen molar-refractivity contribution >= 4 is 41.1 Å². The van der Waals surface area contributed by atoms with Crippen LogP contribution in [0.15, 0.2) is 85.3 Å². The van der Waals surface area contributed by atoms with E-state index in [4.69, 9.17) is 4.98 Å². The van der Waals surface area contributed by atoms with Gasteiger partial charge in [0.15, 0.2) is 0 Å². The van der Waals surface area contributed by atoms with E-state index in [2.05, 4.69) is 37.7 Å². The number of likely N-dealkylation sites (N-methyl/N-ethyl adjacent to an activating group) is 1. The van der Waals surface area contributed by atoms with Crippen molar-refractivity contribution in [3.8, 4) is 0 Å². The van der Waals surface area contributed by atoms with E-state index in [1.165, 1.54) is 16.5 Å². The van der Waals surface area contributed by atoms with Crippen LogP contribution in [0.25, 0.3) is 0 Å². The summed E-state index contributed by atoms with van der Waals surface area (Å²) in [5, 5.41) is 10.4. The fourth-order valence-corrected chi connectivity index (χ4v) is 4.36. The molecule has 0 aliphatic heterocycles. The minimum atomic E-state index is -0.254. The normalized spacial score (nSPS) is 11.4. The Labute approximate surface area is 252 Å². The van der Waals surface area contributed by atoms with Gasteiger partial charge in [-0.15, -0.1) is 0 Å². The van der Waals surface area contributed by atoms with Crippen molar-refractivity contribution in [2.45, 2.75) is 33.0 Å². The predicted octanol–water partition coefficient (Wildman–Crippen LogP) is 4.98. The summed E-state index contributed by atoms with van der Waals surface area (Å²) >= 11 is 0. The minimum absolute atomic E-state index is 0.205. The van der Waals surface area contributed by atoms with Gasteiger partial charge in [-0.1, -0.05) is 42.5 Å². The van der Waals surface area contributed by atoms with Crippen LogP contribution in [-0.2, 0) is 22.7 Å². The highest BCUT2D eigenvalue weighted by atomic mass is 16.1. The van der Waals surface area contributed by atoms with E-state index in [1.54, 1.807) is 42.7 Å². The fraction of sp³-hybridized carbons (Fsp3) is 0.281. The Kier molecular flexibility index (Phi) is 10.7. The SMILES string of the molecule is CC(C)n1cc(Nc2ncc(CN(C)Cc3ccccc3)c(N(C=O)c3cccc(NC(=O)/C=C/CN(C)C)c3)n2)cn1. The van der Waals surface area contributed by atoms with E-state index < -0.39 is 0 Å². The Morgan fingerprint density at radius 1 is 1.00 bits per heavy atom. The maximum Gasteiger partial charge on any atom is 0.248 e. The van der Waals surface area contributed by atoms with Crippen LogP contribution in [0, 0.1) is 0 Å². The number of nitrogens with one attached hydrogen (secondary N) is 2. The Morgan fingerprint density at radius 3 is 2.49 bits per heavy atom. The minimum Gasteiger partial charge on any atom is -0.322 e. The number of amides is 2. The molecule has 43 heavy (non-hydrogen) atoms. The van der Waals surface area contributed by atoms with Gasteiger partial charge in [0.05, 0.1) is 17.6 Å². The van der Waals surface area contributed by atoms with Crippen LogP contribution in [0.1, 0.15) is 31.0 Å². The molecule has 2 heterocycles. The Morgan fingerprint density at radius 2 is 1.79 bits per heavy atom. The Balaban J connectivity index is 1.63. The highest BCUT2D eigenvalue weighted by molar-refractivity contribution is 6.00. The first-order chi connectivity index (χ1) is 20.7. The van der Waals surface area contributed by atoms with Gasteiger partial charge in [-0.3, -0.25) is 24.1 Å². The monoisotopic (exact) mass is 581 g/mol. The van der Waals surface area contributed by atoms with Crippen molar-refractivity contribution in [2.75, 3.05) is 43.2 Å². The number of rotatable bonds is 14. The second-order valence-corrected chi connectivity index (χ2v) is 10.8. The zero-order valence-corrected chi connectivity index (χ0v) is 25.3. The molecule has 11 nitrogen and oxygen atoms in total. The van der Waals surface area contributed by atoms with E-state index in [-0.39, 0.29) is 11.9 Å². The molecule has 2 amide bonds. The summed E-state index contributed by atoms with van der Waals surface area (Å²) in [6, 6.07) is 17.5. The van der Waals surface area contributed by atoms with Crippen molar-refractivity contribution in [1.82, 2.24) is 29.5 Å². The molecule has 0 aliphatic rings. The van der Waals surface area contributed by atoms with Gasteiger partial charge in [0.25, 0.3) is 0 Å². The zero-order chi connectivity index (χ0) is 30.8. The van der Waals surface area contributed by atoms with Crippen LogP contribution in [0.5, 0.6) is 0 Å². The van der Waals surface area contributed by atoms with Crippen LogP contribution in [-0.4, -0.2) is 69.6 Å². The van der Waals surface area contributed by atoms with Gasteiger partial charge in [0.2, 0.25) is 18.3 Å². The third-order valence-corrected chi connectivity index (χ3v) is 6.43. The quantitative estimate of drug-likeness (QED) is 0.158. The largest absolute Gasteiger partial charge is 0.322 e. The molecule has 0 fully saturated rings. The van der Waals surface area contributed by atoms with E-state index >= 15 is 0 Å². The second-order valence-electron chi connectivity index (χ2n) is 10.8. The van der Waals surface area contributed by atoms with Crippen molar-refractivity contribution in [1.29, 1.82) is 0 Å².